The fraction of sp³-hybridized carbons (Fsp3) is 0.211. The summed E-state index contributed by atoms with van der Waals surface area (Å²) in [6.45, 7) is 6.51. The number of aromatic nitrogens is 1. The Morgan fingerprint density at radius 3 is 2.35 bits per heavy atom. The molecule has 4 heteroatoms. The zero-order valence-corrected chi connectivity index (χ0v) is 14.3. The zero-order valence-electron chi connectivity index (χ0n) is 13.5. The fourth-order valence-corrected chi connectivity index (χ4v) is 3.57. The molecule has 1 aromatic heterocycles. The van der Waals surface area contributed by atoms with Crippen LogP contribution in [0.3, 0.4) is 0 Å². The minimum atomic E-state index is -0.146. The lowest BCUT2D eigenvalue weighted by molar-refractivity contribution is 0.464. The molecular formula is C19H19NO2S. The Bertz CT molecular complexity index is 927. The van der Waals surface area contributed by atoms with E-state index in [1.165, 1.54) is 17.3 Å². The predicted octanol–water partition coefficient (Wildman–Crippen LogP) is 4.50. The second kappa shape index (κ2) is 6.13. The number of fused-ring (bicyclic) bond motifs is 1. The van der Waals surface area contributed by atoms with Gasteiger partial charge in [-0.2, -0.15) is 0 Å². The van der Waals surface area contributed by atoms with E-state index in [9.17, 15) is 9.90 Å². The van der Waals surface area contributed by atoms with Crippen LogP contribution in [-0.4, -0.2) is 9.67 Å². The standard InChI is InChI=1S/C19H19NO2S/c1-4-20-16-10-7-13(3)11-15(16)17(21)18(19(20)22)23-14-8-5-12(2)6-9-14/h5-11,21H,4H2,1-3H3. The number of benzene rings is 2. The van der Waals surface area contributed by atoms with Crippen molar-refractivity contribution in [2.45, 2.75) is 37.1 Å². The summed E-state index contributed by atoms with van der Waals surface area (Å²) in [6, 6.07) is 13.7. The van der Waals surface area contributed by atoms with Crippen LogP contribution >= 0.6 is 11.8 Å². The van der Waals surface area contributed by atoms with E-state index >= 15 is 0 Å². The van der Waals surface area contributed by atoms with E-state index in [1.54, 1.807) is 4.57 Å². The van der Waals surface area contributed by atoms with E-state index < -0.39 is 0 Å². The average molecular weight is 325 g/mol. The molecule has 0 saturated carbocycles. The molecule has 3 aromatic rings. The van der Waals surface area contributed by atoms with Crippen molar-refractivity contribution in [3.05, 3.63) is 63.9 Å². The minimum absolute atomic E-state index is 0.0731. The first-order chi connectivity index (χ1) is 11.0. The predicted molar refractivity (Wildman–Crippen MR) is 95.6 cm³/mol. The molecule has 0 bridgehead atoms. The van der Waals surface area contributed by atoms with Crippen LogP contribution in [0.4, 0.5) is 0 Å². The lowest BCUT2D eigenvalue weighted by Gasteiger charge is -2.14. The normalized spacial score (nSPS) is 11.1. The maximum absolute atomic E-state index is 12.8. The van der Waals surface area contributed by atoms with Crippen LogP contribution < -0.4 is 5.56 Å². The topological polar surface area (TPSA) is 42.2 Å². The summed E-state index contributed by atoms with van der Waals surface area (Å²) < 4.78 is 1.71. The first-order valence-corrected chi connectivity index (χ1v) is 8.43. The molecule has 1 N–H and O–H groups in total. The van der Waals surface area contributed by atoms with Gasteiger partial charge >= 0.3 is 0 Å². The van der Waals surface area contributed by atoms with Crippen molar-refractivity contribution in [2.75, 3.05) is 0 Å². The molecule has 0 saturated heterocycles. The molecule has 0 aliphatic carbocycles. The van der Waals surface area contributed by atoms with Crippen molar-refractivity contribution in [3.8, 4) is 5.75 Å². The first kappa shape index (κ1) is 15.7. The quantitative estimate of drug-likeness (QED) is 0.771. The lowest BCUT2D eigenvalue weighted by atomic mass is 10.1. The van der Waals surface area contributed by atoms with Gasteiger partial charge < -0.3 is 9.67 Å². The Kier molecular flexibility index (Phi) is 4.18. The van der Waals surface area contributed by atoms with Crippen LogP contribution in [0.1, 0.15) is 18.1 Å². The Hall–Kier alpha value is -2.20. The van der Waals surface area contributed by atoms with E-state index in [0.29, 0.717) is 11.4 Å². The molecule has 0 unspecified atom stereocenters. The van der Waals surface area contributed by atoms with E-state index in [-0.39, 0.29) is 11.3 Å². The van der Waals surface area contributed by atoms with Gasteiger partial charge in [-0.15, -0.1) is 0 Å². The summed E-state index contributed by atoms with van der Waals surface area (Å²) in [5.41, 5.74) is 2.85. The van der Waals surface area contributed by atoms with Crippen molar-refractivity contribution in [2.24, 2.45) is 0 Å². The van der Waals surface area contributed by atoms with Gasteiger partial charge in [-0.1, -0.05) is 41.1 Å². The molecule has 0 radical (unpaired) electrons. The zero-order chi connectivity index (χ0) is 16.6. The van der Waals surface area contributed by atoms with Crippen LogP contribution in [0.15, 0.2) is 57.1 Å². The van der Waals surface area contributed by atoms with Crippen molar-refractivity contribution in [1.29, 1.82) is 0 Å². The third-order valence-corrected chi connectivity index (χ3v) is 4.99. The summed E-state index contributed by atoms with van der Waals surface area (Å²) in [4.78, 5) is 14.1. The van der Waals surface area contributed by atoms with E-state index in [2.05, 4.69) is 0 Å². The van der Waals surface area contributed by atoms with Gasteiger partial charge in [0.05, 0.1) is 5.52 Å². The lowest BCUT2D eigenvalue weighted by Crippen LogP contribution is -2.21. The molecule has 3 nitrogen and oxygen atoms in total. The molecule has 3 rings (SSSR count). The highest BCUT2D eigenvalue weighted by Gasteiger charge is 2.17. The van der Waals surface area contributed by atoms with Crippen LogP contribution in [0, 0.1) is 13.8 Å². The van der Waals surface area contributed by atoms with E-state index in [0.717, 1.165) is 21.4 Å². The Morgan fingerprint density at radius 2 is 1.70 bits per heavy atom. The molecule has 0 aliphatic heterocycles. The van der Waals surface area contributed by atoms with Crippen molar-refractivity contribution in [1.82, 2.24) is 4.57 Å². The molecule has 0 aliphatic rings. The highest BCUT2D eigenvalue weighted by atomic mass is 32.2. The molecule has 0 fully saturated rings. The SMILES string of the molecule is CCn1c(=O)c(Sc2ccc(C)cc2)c(O)c2cc(C)ccc21. The molecule has 0 atom stereocenters. The molecule has 1 heterocycles. The van der Waals surface area contributed by atoms with Gasteiger partial charge in [0.25, 0.3) is 5.56 Å². The minimum Gasteiger partial charge on any atom is -0.506 e. The van der Waals surface area contributed by atoms with E-state index in [4.69, 9.17) is 0 Å². The van der Waals surface area contributed by atoms with Gasteiger partial charge in [-0.05, 0) is 45.0 Å². The van der Waals surface area contributed by atoms with Crippen molar-refractivity contribution < 1.29 is 5.11 Å². The highest BCUT2D eigenvalue weighted by Crippen LogP contribution is 2.36. The number of nitrogens with zero attached hydrogens (tertiary/aromatic N) is 1. The summed E-state index contributed by atoms with van der Waals surface area (Å²) in [5, 5.41) is 11.4. The monoisotopic (exact) mass is 325 g/mol. The first-order valence-electron chi connectivity index (χ1n) is 7.62. The maximum Gasteiger partial charge on any atom is 0.268 e. The summed E-state index contributed by atoms with van der Waals surface area (Å²) in [6.07, 6.45) is 0. The number of aryl methyl sites for hydroxylation is 3. The van der Waals surface area contributed by atoms with Gasteiger partial charge in [0.1, 0.15) is 10.6 Å². The fourth-order valence-electron chi connectivity index (χ4n) is 2.66. The van der Waals surface area contributed by atoms with Gasteiger partial charge in [0.2, 0.25) is 0 Å². The molecule has 118 valence electrons. The van der Waals surface area contributed by atoms with Crippen LogP contribution in [-0.2, 0) is 6.54 Å². The molecule has 2 aromatic carbocycles. The third-order valence-electron chi connectivity index (χ3n) is 3.91. The van der Waals surface area contributed by atoms with Gasteiger partial charge in [0, 0.05) is 16.8 Å². The summed E-state index contributed by atoms with van der Waals surface area (Å²) >= 11 is 1.32. The Morgan fingerprint density at radius 1 is 1.04 bits per heavy atom. The second-order valence-electron chi connectivity index (χ2n) is 5.66. The highest BCUT2D eigenvalue weighted by molar-refractivity contribution is 7.99. The molecule has 0 amide bonds. The second-order valence-corrected chi connectivity index (χ2v) is 6.75. The van der Waals surface area contributed by atoms with Crippen molar-refractivity contribution in [3.63, 3.8) is 0 Å². The van der Waals surface area contributed by atoms with Gasteiger partial charge in [-0.25, -0.2) is 0 Å². The van der Waals surface area contributed by atoms with E-state index in [1.807, 2.05) is 63.2 Å². The number of aromatic hydroxyl groups is 1. The average Bonchev–Trinajstić information content (AvgIpc) is 2.54. The molecule has 23 heavy (non-hydrogen) atoms. The van der Waals surface area contributed by atoms with Crippen LogP contribution in [0.5, 0.6) is 5.75 Å². The summed E-state index contributed by atoms with van der Waals surface area (Å²) in [7, 11) is 0. The number of pyridine rings is 1. The molecule has 0 spiro atoms. The van der Waals surface area contributed by atoms with Gasteiger partial charge in [-0.3, -0.25) is 4.79 Å². The van der Waals surface area contributed by atoms with Crippen LogP contribution in [0.2, 0.25) is 0 Å². The summed E-state index contributed by atoms with van der Waals surface area (Å²) in [5.74, 6) is 0.0731. The maximum atomic E-state index is 12.8. The number of hydrogen-bond acceptors (Lipinski definition) is 3. The smallest absolute Gasteiger partial charge is 0.268 e. The largest absolute Gasteiger partial charge is 0.506 e. The van der Waals surface area contributed by atoms with Crippen molar-refractivity contribution >= 4 is 22.7 Å². The number of rotatable bonds is 3. The van der Waals surface area contributed by atoms with Crippen LogP contribution in [0.25, 0.3) is 10.9 Å². The molecular weight excluding hydrogens is 306 g/mol. The Labute approximate surface area is 139 Å². The van der Waals surface area contributed by atoms with Gasteiger partial charge in [0.15, 0.2) is 0 Å². The Balaban J connectivity index is 2.23. The third kappa shape index (κ3) is 2.86. The number of hydrogen-bond donors (Lipinski definition) is 1.